The zero-order chi connectivity index (χ0) is 14.9. The van der Waals surface area contributed by atoms with Crippen LogP contribution in [0.2, 0.25) is 0 Å². The molecule has 3 nitrogen and oxygen atoms in total. The molecule has 0 unspecified atom stereocenters. The van der Waals surface area contributed by atoms with Crippen LogP contribution in [0.3, 0.4) is 0 Å². The monoisotopic (exact) mass is 283 g/mol. The average Bonchev–Trinajstić information content (AvgIpc) is 2.54. The van der Waals surface area contributed by atoms with Gasteiger partial charge in [-0.3, -0.25) is 0 Å². The summed E-state index contributed by atoms with van der Waals surface area (Å²) in [4.78, 5) is 0. The molecule has 0 aromatic heterocycles. The molecule has 0 aliphatic carbocycles. The van der Waals surface area contributed by atoms with Crippen LogP contribution in [-0.2, 0) is 6.54 Å². The highest BCUT2D eigenvalue weighted by molar-refractivity contribution is 5.45. The second-order valence-corrected chi connectivity index (χ2v) is 5.35. The predicted molar refractivity (Wildman–Crippen MR) is 90.0 cm³/mol. The first-order valence-corrected chi connectivity index (χ1v) is 7.63. The molecule has 3 heteroatoms. The molecule has 2 aromatic carbocycles. The van der Waals surface area contributed by atoms with E-state index >= 15 is 0 Å². The maximum absolute atomic E-state index is 6.19. The summed E-state index contributed by atoms with van der Waals surface area (Å²) in [6, 6.07) is 18.9. The molecule has 112 valence electrons. The van der Waals surface area contributed by atoms with Gasteiger partial charge in [0.2, 0.25) is 0 Å². The van der Waals surface area contributed by atoms with Crippen molar-refractivity contribution in [1.82, 2.24) is 0 Å². The molecule has 0 bridgehead atoms. The fourth-order valence-electron chi connectivity index (χ4n) is 2.32. The molecule has 0 radical (unpaired) electrons. The lowest BCUT2D eigenvalue weighted by molar-refractivity contribution is 0.591. The topological polar surface area (TPSA) is 64.1 Å². The Balaban J connectivity index is 1.84. The molecule has 0 saturated carbocycles. The fraction of sp³-hybridized carbons (Fsp3) is 0.333. The van der Waals surface area contributed by atoms with Gasteiger partial charge in [0.15, 0.2) is 0 Å². The van der Waals surface area contributed by atoms with Gasteiger partial charge < -0.3 is 16.8 Å². The summed E-state index contributed by atoms with van der Waals surface area (Å²) in [7, 11) is 0. The number of benzene rings is 2. The number of nitrogens with one attached hydrogen (secondary N) is 1. The van der Waals surface area contributed by atoms with E-state index in [2.05, 4.69) is 53.8 Å². The average molecular weight is 283 g/mol. The molecule has 1 atom stereocenters. The quantitative estimate of drug-likeness (QED) is 0.650. The van der Waals surface area contributed by atoms with Crippen molar-refractivity contribution in [2.75, 3.05) is 11.9 Å². The van der Waals surface area contributed by atoms with Crippen molar-refractivity contribution in [3.8, 4) is 0 Å². The standard InChI is InChI=1S/C18H25N3/c19-13-5-4-8-18(20)16-9-11-17(12-10-16)21-14-15-6-2-1-3-7-15/h1-3,6-7,9-12,18,21H,4-5,8,13-14,19-20H2/t18-/m0/s1. The van der Waals surface area contributed by atoms with Gasteiger partial charge in [0.1, 0.15) is 0 Å². The van der Waals surface area contributed by atoms with Crippen molar-refractivity contribution in [2.24, 2.45) is 11.5 Å². The Bertz CT molecular complexity index is 508. The molecule has 0 saturated heterocycles. The number of hydrogen-bond donors (Lipinski definition) is 3. The summed E-state index contributed by atoms with van der Waals surface area (Å²) in [5, 5.41) is 3.42. The van der Waals surface area contributed by atoms with E-state index in [1.165, 1.54) is 11.1 Å². The first kappa shape index (κ1) is 15.5. The van der Waals surface area contributed by atoms with E-state index < -0.39 is 0 Å². The highest BCUT2D eigenvalue weighted by Gasteiger charge is 2.05. The third kappa shape index (κ3) is 5.21. The summed E-state index contributed by atoms with van der Waals surface area (Å²) in [5.41, 5.74) is 15.3. The van der Waals surface area contributed by atoms with Gasteiger partial charge in [-0.1, -0.05) is 48.9 Å². The third-order valence-electron chi connectivity index (χ3n) is 3.65. The summed E-state index contributed by atoms with van der Waals surface area (Å²) in [6.45, 7) is 1.58. The highest BCUT2D eigenvalue weighted by Crippen LogP contribution is 2.19. The molecule has 0 aliphatic heterocycles. The minimum atomic E-state index is 0.111. The Labute approximate surface area is 127 Å². The number of unbranched alkanes of at least 4 members (excludes halogenated alkanes) is 1. The Hall–Kier alpha value is -1.84. The van der Waals surface area contributed by atoms with Gasteiger partial charge in [0, 0.05) is 18.3 Å². The SMILES string of the molecule is NCCCC[C@H](N)c1ccc(NCc2ccccc2)cc1. The van der Waals surface area contributed by atoms with Crippen LogP contribution >= 0.6 is 0 Å². The minimum Gasteiger partial charge on any atom is -0.381 e. The second-order valence-electron chi connectivity index (χ2n) is 5.35. The lowest BCUT2D eigenvalue weighted by Crippen LogP contribution is -2.11. The van der Waals surface area contributed by atoms with Gasteiger partial charge >= 0.3 is 0 Å². The van der Waals surface area contributed by atoms with Crippen LogP contribution in [0.4, 0.5) is 5.69 Å². The molecule has 0 heterocycles. The zero-order valence-electron chi connectivity index (χ0n) is 12.5. The summed E-state index contributed by atoms with van der Waals surface area (Å²) >= 11 is 0. The van der Waals surface area contributed by atoms with Crippen molar-refractivity contribution in [3.63, 3.8) is 0 Å². The summed E-state index contributed by atoms with van der Waals surface area (Å²) < 4.78 is 0. The van der Waals surface area contributed by atoms with Gasteiger partial charge in [-0.05, 0) is 42.6 Å². The molecular formula is C18H25N3. The maximum Gasteiger partial charge on any atom is 0.0400 e. The third-order valence-corrected chi connectivity index (χ3v) is 3.65. The lowest BCUT2D eigenvalue weighted by Gasteiger charge is -2.13. The molecule has 0 spiro atoms. The summed E-state index contributed by atoms with van der Waals surface area (Å²) in [5.74, 6) is 0. The van der Waals surface area contributed by atoms with Crippen molar-refractivity contribution < 1.29 is 0 Å². The molecule has 5 N–H and O–H groups in total. The largest absolute Gasteiger partial charge is 0.381 e. The normalized spacial score (nSPS) is 12.1. The Morgan fingerprint density at radius 2 is 1.62 bits per heavy atom. The van der Waals surface area contributed by atoms with E-state index in [1.54, 1.807) is 0 Å². The van der Waals surface area contributed by atoms with Crippen LogP contribution in [0.25, 0.3) is 0 Å². The molecule has 0 aliphatic rings. The molecule has 0 amide bonds. The van der Waals surface area contributed by atoms with Gasteiger partial charge in [0.25, 0.3) is 0 Å². The van der Waals surface area contributed by atoms with E-state index in [9.17, 15) is 0 Å². The molecule has 2 rings (SSSR count). The lowest BCUT2D eigenvalue weighted by atomic mass is 10.0. The van der Waals surface area contributed by atoms with Crippen LogP contribution in [-0.4, -0.2) is 6.54 Å². The first-order chi connectivity index (χ1) is 10.3. The number of nitrogens with two attached hydrogens (primary N) is 2. The smallest absolute Gasteiger partial charge is 0.0400 e. The molecule has 2 aromatic rings. The summed E-state index contributed by atoms with van der Waals surface area (Å²) in [6.07, 6.45) is 3.13. The van der Waals surface area contributed by atoms with Crippen molar-refractivity contribution >= 4 is 5.69 Å². The fourth-order valence-corrected chi connectivity index (χ4v) is 2.32. The van der Waals surface area contributed by atoms with Crippen molar-refractivity contribution in [2.45, 2.75) is 31.8 Å². The van der Waals surface area contributed by atoms with Gasteiger partial charge in [-0.25, -0.2) is 0 Å². The van der Waals surface area contributed by atoms with Gasteiger partial charge in [0.05, 0.1) is 0 Å². The Morgan fingerprint density at radius 3 is 2.29 bits per heavy atom. The van der Waals surface area contributed by atoms with Crippen molar-refractivity contribution in [1.29, 1.82) is 0 Å². The predicted octanol–water partition coefficient (Wildman–Crippen LogP) is 3.43. The second kappa shape index (κ2) is 8.45. The van der Waals surface area contributed by atoms with Gasteiger partial charge in [-0.15, -0.1) is 0 Å². The van der Waals surface area contributed by atoms with Crippen LogP contribution in [0.5, 0.6) is 0 Å². The van der Waals surface area contributed by atoms with Crippen LogP contribution in [0, 0.1) is 0 Å². The van der Waals surface area contributed by atoms with Crippen LogP contribution in [0.1, 0.15) is 36.4 Å². The highest BCUT2D eigenvalue weighted by atomic mass is 14.9. The van der Waals surface area contributed by atoms with E-state index in [0.717, 1.165) is 38.0 Å². The number of anilines is 1. The van der Waals surface area contributed by atoms with E-state index in [0.29, 0.717) is 0 Å². The zero-order valence-corrected chi connectivity index (χ0v) is 12.5. The maximum atomic E-state index is 6.19. The van der Waals surface area contributed by atoms with E-state index in [4.69, 9.17) is 11.5 Å². The first-order valence-electron chi connectivity index (χ1n) is 7.63. The van der Waals surface area contributed by atoms with E-state index in [-0.39, 0.29) is 6.04 Å². The molecular weight excluding hydrogens is 258 g/mol. The van der Waals surface area contributed by atoms with E-state index in [1.807, 2.05) is 6.07 Å². The van der Waals surface area contributed by atoms with Gasteiger partial charge in [-0.2, -0.15) is 0 Å². The van der Waals surface area contributed by atoms with Crippen LogP contribution in [0.15, 0.2) is 54.6 Å². The molecule has 0 fully saturated rings. The Kier molecular flexibility index (Phi) is 6.25. The van der Waals surface area contributed by atoms with Crippen LogP contribution < -0.4 is 16.8 Å². The minimum absolute atomic E-state index is 0.111. The molecule has 21 heavy (non-hydrogen) atoms. The Morgan fingerprint density at radius 1 is 0.905 bits per heavy atom. The van der Waals surface area contributed by atoms with Crippen molar-refractivity contribution in [3.05, 3.63) is 65.7 Å². The number of rotatable bonds is 8. The number of hydrogen-bond acceptors (Lipinski definition) is 3.